The van der Waals surface area contributed by atoms with Gasteiger partial charge in [-0.05, 0) is 45.6 Å². The molecule has 0 aliphatic rings. The number of aromatic nitrogens is 1. The van der Waals surface area contributed by atoms with E-state index in [4.69, 9.17) is 10.5 Å². The minimum Gasteiger partial charge on any atom is -0.382 e. The highest BCUT2D eigenvalue weighted by atomic mass is 16.5. The molecule has 1 aromatic carbocycles. The second-order valence-corrected chi connectivity index (χ2v) is 7.17. The fourth-order valence-corrected chi connectivity index (χ4v) is 3.70. The minimum absolute atomic E-state index is 0.344. The summed E-state index contributed by atoms with van der Waals surface area (Å²) in [4.78, 5) is 12.3. The number of rotatable bonds is 11. The van der Waals surface area contributed by atoms with E-state index in [0.29, 0.717) is 5.56 Å². The molecule has 2 rings (SSSR count). The van der Waals surface area contributed by atoms with Crippen molar-refractivity contribution in [3.63, 3.8) is 0 Å². The van der Waals surface area contributed by atoms with E-state index < -0.39 is 0 Å². The number of carbonyl (C=O) groups excluding carboxylic acids is 1. The number of ether oxygens (including phenoxy) is 1. The van der Waals surface area contributed by atoms with Gasteiger partial charge in [0, 0.05) is 36.7 Å². The molecule has 4 heteroatoms. The van der Waals surface area contributed by atoms with Crippen molar-refractivity contribution in [2.75, 3.05) is 13.2 Å². The molecule has 0 aliphatic carbocycles. The molecule has 0 atom stereocenters. The molecule has 0 fully saturated rings. The van der Waals surface area contributed by atoms with Crippen molar-refractivity contribution in [1.29, 1.82) is 0 Å². The number of unbranched alkanes of at least 4 members (excludes halogenated alkanes) is 2. The smallest absolute Gasteiger partial charge is 0.251 e. The van der Waals surface area contributed by atoms with Gasteiger partial charge in [-0.3, -0.25) is 4.79 Å². The molecule has 0 bridgehead atoms. The van der Waals surface area contributed by atoms with Gasteiger partial charge in [0.25, 0.3) is 5.91 Å². The van der Waals surface area contributed by atoms with E-state index in [1.807, 2.05) is 13.8 Å². The van der Waals surface area contributed by atoms with Crippen LogP contribution < -0.4 is 5.73 Å². The third-order valence-corrected chi connectivity index (χ3v) is 5.11. The summed E-state index contributed by atoms with van der Waals surface area (Å²) < 4.78 is 7.81. The lowest BCUT2D eigenvalue weighted by Crippen LogP contribution is -2.13. The van der Waals surface area contributed by atoms with Crippen LogP contribution in [0.2, 0.25) is 0 Å². The Morgan fingerprint density at radius 2 is 1.78 bits per heavy atom. The van der Waals surface area contributed by atoms with Gasteiger partial charge in [0.2, 0.25) is 0 Å². The van der Waals surface area contributed by atoms with E-state index in [0.717, 1.165) is 55.8 Å². The van der Waals surface area contributed by atoms with Gasteiger partial charge in [-0.15, -0.1) is 0 Å². The van der Waals surface area contributed by atoms with Crippen molar-refractivity contribution in [3.8, 4) is 11.1 Å². The number of nitrogens with zero attached hydrogens (tertiary/aromatic N) is 1. The zero-order valence-corrected chi connectivity index (χ0v) is 17.3. The van der Waals surface area contributed by atoms with Crippen molar-refractivity contribution in [2.24, 2.45) is 5.73 Å². The van der Waals surface area contributed by atoms with Crippen molar-refractivity contribution < 1.29 is 9.53 Å². The minimum atomic E-state index is -0.344. The predicted octanol–water partition coefficient (Wildman–Crippen LogP) is 5.03. The first-order valence-electron chi connectivity index (χ1n) is 10.2. The molecule has 0 saturated carbocycles. The maximum Gasteiger partial charge on any atom is 0.251 e. The maximum atomic E-state index is 12.3. The second kappa shape index (κ2) is 10.3. The number of amides is 1. The van der Waals surface area contributed by atoms with Gasteiger partial charge in [-0.25, -0.2) is 0 Å². The monoisotopic (exact) mass is 370 g/mol. The van der Waals surface area contributed by atoms with E-state index in [1.54, 1.807) is 0 Å². The van der Waals surface area contributed by atoms with Crippen LogP contribution >= 0.6 is 0 Å². The number of benzene rings is 1. The van der Waals surface area contributed by atoms with Gasteiger partial charge in [0.05, 0.1) is 5.56 Å². The number of carbonyl (C=O) groups is 1. The van der Waals surface area contributed by atoms with Gasteiger partial charge < -0.3 is 15.0 Å². The third-order valence-electron chi connectivity index (χ3n) is 5.11. The lowest BCUT2D eigenvalue weighted by molar-refractivity contribution is 0.1000. The van der Waals surface area contributed by atoms with Crippen molar-refractivity contribution in [1.82, 2.24) is 4.57 Å². The van der Waals surface area contributed by atoms with Gasteiger partial charge in [-0.2, -0.15) is 0 Å². The summed E-state index contributed by atoms with van der Waals surface area (Å²) in [5.74, 6) is -0.344. The molecule has 27 heavy (non-hydrogen) atoms. The van der Waals surface area contributed by atoms with E-state index in [2.05, 4.69) is 42.7 Å². The number of hydrogen-bond donors (Lipinski definition) is 1. The van der Waals surface area contributed by atoms with Crippen molar-refractivity contribution in [2.45, 2.75) is 66.3 Å². The number of hydrogen-bond acceptors (Lipinski definition) is 2. The summed E-state index contributed by atoms with van der Waals surface area (Å²) >= 11 is 0. The maximum absolute atomic E-state index is 12.3. The fourth-order valence-electron chi connectivity index (χ4n) is 3.70. The Morgan fingerprint density at radius 1 is 1.07 bits per heavy atom. The van der Waals surface area contributed by atoms with Crippen LogP contribution in [0.1, 0.15) is 66.8 Å². The standard InChI is InChI=1S/C23H34N2O2/c1-5-7-8-10-20-22(19-13-11-17(3)12-14-19)21(23(24)26)18(4)25(20)15-9-16-27-6-2/h11-14H,5-10,15-16H2,1-4H3,(H2,24,26). The van der Waals surface area contributed by atoms with Crippen molar-refractivity contribution in [3.05, 3.63) is 46.8 Å². The summed E-state index contributed by atoms with van der Waals surface area (Å²) in [6, 6.07) is 8.39. The van der Waals surface area contributed by atoms with Crippen LogP contribution in [0.4, 0.5) is 0 Å². The summed E-state index contributed by atoms with van der Waals surface area (Å²) in [6.45, 7) is 10.6. The molecule has 0 radical (unpaired) electrons. The molecule has 0 saturated heterocycles. The summed E-state index contributed by atoms with van der Waals surface area (Å²) in [6.07, 6.45) is 5.35. The summed E-state index contributed by atoms with van der Waals surface area (Å²) in [5.41, 5.74) is 12.0. The largest absolute Gasteiger partial charge is 0.382 e. The molecule has 2 N–H and O–H groups in total. The predicted molar refractivity (Wildman–Crippen MR) is 112 cm³/mol. The van der Waals surface area contributed by atoms with Crippen LogP contribution in [-0.4, -0.2) is 23.7 Å². The Hall–Kier alpha value is -2.07. The fraction of sp³-hybridized carbons (Fsp3) is 0.522. The molecule has 4 nitrogen and oxygen atoms in total. The molecule has 0 unspecified atom stereocenters. The van der Waals surface area contributed by atoms with Crippen LogP contribution in [0, 0.1) is 13.8 Å². The Labute approximate surface area is 163 Å². The van der Waals surface area contributed by atoms with Crippen LogP contribution in [0.3, 0.4) is 0 Å². The highest BCUT2D eigenvalue weighted by Crippen LogP contribution is 2.34. The van der Waals surface area contributed by atoms with Gasteiger partial charge in [0.15, 0.2) is 0 Å². The lowest BCUT2D eigenvalue weighted by Gasteiger charge is -2.13. The molecule has 1 heterocycles. The first-order chi connectivity index (χ1) is 13.0. The Bertz CT molecular complexity index is 745. The van der Waals surface area contributed by atoms with Crippen LogP contribution in [0.5, 0.6) is 0 Å². The molecule has 0 spiro atoms. The molecule has 1 amide bonds. The zero-order valence-electron chi connectivity index (χ0n) is 17.3. The highest BCUT2D eigenvalue weighted by molar-refractivity contribution is 6.02. The molecule has 0 aliphatic heterocycles. The van der Waals surface area contributed by atoms with E-state index in [-0.39, 0.29) is 5.91 Å². The van der Waals surface area contributed by atoms with Crippen LogP contribution in [0.15, 0.2) is 24.3 Å². The van der Waals surface area contributed by atoms with Crippen LogP contribution in [0.25, 0.3) is 11.1 Å². The van der Waals surface area contributed by atoms with Gasteiger partial charge in [-0.1, -0.05) is 49.6 Å². The quantitative estimate of drug-likeness (QED) is 0.564. The third kappa shape index (κ3) is 5.23. The first-order valence-corrected chi connectivity index (χ1v) is 10.2. The molecular weight excluding hydrogens is 336 g/mol. The number of nitrogens with two attached hydrogens (primary N) is 1. The first kappa shape index (κ1) is 21.2. The Morgan fingerprint density at radius 3 is 2.37 bits per heavy atom. The van der Waals surface area contributed by atoms with E-state index in [9.17, 15) is 4.79 Å². The van der Waals surface area contributed by atoms with Gasteiger partial charge >= 0.3 is 0 Å². The Kier molecular flexibility index (Phi) is 8.11. The van der Waals surface area contributed by atoms with Crippen molar-refractivity contribution >= 4 is 5.91 Å². The molecular formula is C23H34N2O2. The number of primary amides is 1. The van der Waals surface area contributed by atoms with E-state index in [1.165, 1.54) is 24.1 Å². The van der Waals surface area contributed by atoms with Gasteiger partial charge in [0.1, 0.15) is 0 Å². The highest BCUT2D eigenvalue weighted by Gasteiger charge is 2.24. The van der Waals surface area contributed by atoms with E-state index >= 15 is 0 Å². The second-order valence-electron chi connectivity index (χ2n) is 7.17. The molecule has 148 valence electrons. The lowest BCUT2D eigenvalue weighted by atomic mass is 9.96. The van der Waals surface area contributed by atoms with Crippen LogP contribution in [-0.2, 0) is 17.7 Å². The number of aryl methyl sites for hydroxylation is 1. The summed E-state index contributed by atoms with van der Waals surface area (Å²) in [7, 11) is 0. The SMILES string of the molecule is CCCCCc1c(-c2ccc(C)cc2)c(C(N)=O)c(C)n1CCCOCC. The average Bonchev–Trinajstić information content (AvgIpc) is 2.92. The Balaban J connectivity index is 2.52. The molecule has 1 aromatic heterocycles. The average molecular weight is 371 g/mol. The normalized spacial score (nSPS) is 11.1. The topological polar surface area (TPSA) is 57.2 Å². The zero-order chi connectivity index (χ0) is 19.8. The molecule has 2 aromatic rings. The summed E-state index contributed by atoms with van der Waals surface area (Å²) in [5, 5.41) is 0.